The number of carbonyl (C=O) groups is 3. The summed E-state index contributed by atoms with van der Waals surface area (Å²) in [6, 6.07) is 7.11. The van der Waals surface area contributed by atoms with E-state index in [1.807, 2.05) is 19.1 Å². The quantitative estimate of drug-likeness (QED) is 0.603. The van der Waals surface area contributed by atoms with Crippen LogP contribution < -0.4 is 0 Å². The first-order chi connectivity index (χ1) is 10.7. The van der Waals surface area contributed by atoms with Crippen LogP contribution in [0.1, 0.15) is 24.5 Å². The molecule has 0 aliphatic carbocycles. The van der Waals surface area contributed by atoms with Crippen molar-refractivity contribution in [1.82, 2.24) is 5.06 Å². The van der Waals surface area contributed by atoms with Crippen molar-refractivity contribution >= 4 is 27.9 Å². The Morgan fingerprint density at radius 2 is 1.83 bits per heavy atom. The first kappa shape index (κ1) is 17.1. The van der Waals surface area contributed by atoms with Gasteiger partial charge in [0.2, 0.25) is 0 Å². The van der Waals surface area contributed by atoms with Crippen LogP contribution in [0.25, 0.3) is 0 Å². The summed E-state index contributed by atoms with van der Waals surface area (Å²) in [5.74, 6) is -3.15. The van der Waals surface area contributed by atoms with Gasteiger partial charge in [-0.1, -0.05) is 31.2 Å². The van der Waals surface area contributed by atoms with E-state index in [1.165, 1.54) is 0 Å². The average molecular weight is 341 g/mol. The van der Waals surface area contributed by atoms with Gasteiger partial charge in [-0.2, -0.15) is 8.42 Å². The minimum atomic E-state index is -4.72. The van der Waals surface area contributed by atoms with Gasteiger partial charge >= 0.3 is 5.97 Å². The van der Waals surface area contributed by atoms with Crippen LogP contribution in [0.5, 0.6) is 0 Å². The van der Waals surface area contributed by atoms with Crippen molar-refractivity contribution < 1.29 is 32.2 Å². The van der Waals surface area contributed by atoms with Crippen LogP contribution in [0, 0.1) is 0 Å². The molecule has 1 aromatic carbocycles. The predicted molar refractivity (Wildman–Crippen MR) is 77.4 cm³/mol. The Morgan fingerprint density at radius 3 is 2.30 bits per heavy atom. The second kappa shape index (κ2) is 6.47. The Kier molecular flexibility index (Phi) is 4.81. The van der Waals surface area contributed by atoms with Crippen molar-refractivity contribution in [3.8, 4) is 0 Å². The van der Waals surface area contributed by atoms with Gasteiger partial charge in [0.15, 0.2) is 5.25 Å². The van der Waals surface area contributed by atoms with Crippen LogP contribution >= 0.6 is 0 Å². The Labute approximate surface area is 132 Å². The molecule has 2 amide bonds. The van der Waals surface area contributed by atoms with Crippen molar-refractivity contribution in [2.24, 2.45) is 0 Å². The molecule has 1 aliphatic rings. The second-order valence-corrected chi connectivity index (χ2v) is 6.64. The zero-order valence-electron chi connectivity index (χ0n) is 12.3. The van der Waals surface area contributed by atoms with E-state index >= 15 is 0 Å². The van der Waals surface area contributed by atoms with Gasteiger partial charge in [0.25, 0.3) is 21.9 Å². The molecule has 0 bridgehead atoms. The SMILES string of the molecule is CCc1ccc(CC(=O)ON2C(=O)CC(S(=O)(=O)O)C2=O)cc1. The van der Waals surface area contributed by atoms with Crippen LogP contribution in [0.2, 0.25) is 0 Å². The monoisotopic (exact) mass is 341 g/mol. The highest BCUT2D eigenvalue weighted by Gasteiger charge is 2.48. The van der Waals surface area contributed by atoms with Crippen LogP contribution in [-0.4, -0.2) is 41.1 Å². The number of imide groups is 1. The van der Waals surface area contributed by atoms with Gasteiger partial charge in [-0.15, -0.1) is 5.06 Å². The minimum Gasteiger partial charge on any atom is -0.330 e. The highest BCUT2D eigenvalue weighted by atomic mass is 32.2. The highest BCUT2D eigenvalue weighted by Crippen LogP contribution is 2.20. The smallest absolute Gasteiger partial charge is 0.330 e. The van der Waals surface area contributed by atoms with Gasteiger partial charge < -0.3 is 4.84 Å². The fourth-order valence-electron chi connectivity index (χ4n) is 2.10. The van der Waals surface area contributed by atoms with Gasteiger partial charge in [0.05, 0.1) is 12.8 Å². The second-order valence-electron chi connectivity index (χ2n) is 5.04. The summed E-state index contributed by atoms with van der Waals surface area (Å²) >= 11 is 0. The van der Waals surface area contributed by atoms with Crippen molar-refractivity contribution in [2.45, 2.75) is 31.4 Å². The molecule has 1 unspecified atom stereocenters. The third-order valence-corrected chi connectivity index (χ3v) is 4.48. The lowest BCUT2D eigenvalue weighted by Gasteiger charge is -2.13. The number of aryl methyl sites for hydroxylation is 1. The van der Waals surface area contributed by atoms with Crippen molar-refractivity contribution in [1.29, 1.82) is 0 Å². The van der Waals surface area contributed by atoms with Crippen LogP contribution in [0.4, 0.5) is 0 Å². The maximum Gasteiger partial charge on any atom is 0.337 e. The lowest BCUT2D eigenvalue weighted by Crippen LogP contribution is -2.37. The number of nitrogens with zero attached hydrogens (tertiary/aromatic N) is 1. The molecule has 1 aromatic rings. The standard InChI is InChI=1S/C14H15NO7S/c1-2-9-3-5-10(6-4-9)7-13(17)22-15-12(16)8-11(14(15)18)23(19,20)21/h3-6,11H,2,7-8H2,1H3,(H,19,20,21). The molecule has 124 valence electrons. The summed E-state index contributed by atoms with van der Waals surface area (Å²) in [5.41, 5.74) is 1.71. The van der Waals surface area contributed by atoms with Crippen LogP contribution in [-0.2, 0) is 42.2 Å². The maximum absolute atomic E-state index is 11.8. The van der Waals surface area contributed by atoms with Crippen LogP contribution in [0.3, 0.4) is 0 Å². The molecule has 1 fully saturated rings. The molecule has 23 heavy (non-hydrogen) atoms. The minimum absolute atomic E-state index is 0.0984. The van der Waals surface area contributed by atoms with Crippen molar-refractivity contribution in [2.75, 3.05) is 0 Å². The summed E-state index contributed by atoms with van der Waals surface area (Å²) in [6.07, 6.45) is -0.0910. The molecule has 1 N–H and O–H groups in total. The maximum atomic E-state index is 11.8. The molecule has 2 rings (SSSR count). The number of benzene rings is 1. The largest absolute Gasteiger partial charge is 0.337 e. The predicted octanol–water partition coefficient (Wildman–Crippen LogP) is 0.265. The number of hydrogen-bond donors (Lipinski definition) is 1. The third kappa shape index (κ3) is 3.93. The summed E-state index contributed by atoms with van der Waals surface area (Å²) in [6.45, 7) is 1.99. The molecule has 0 saturated carbocycles. The molecular formula is C14H15NO7S. The normalized spacial score (nSPS) is 18.3. The van der Waals surface area contributed by atoms with Crippen LogP contribution in [0.15, 0.2) is 24.3 Å². The van der Waals surface area contributed by atoms with E-state index in [2.05, 4.69) is 4.84 Å². The molecule has 0 spiro atoms. The van der Waals surface area contributed by atoms with Crippen molar-refractivity contribution in [3.63, 3.8) is 0 Å². The summed E-state index contributed by atoms with van der Waals surface area (Å²) < 4.78 is 30.8. The van der Waals surface area contributed by atoms with E-state index in [0.29, 0.717) is 5.56 Å². The average Bonchev–Trinajstić information content (AvgIpc) is 2.76. The zero-order valence-corrected chi connectivity index (χ0v) is 13.1. The Hall–Kier alpha value is -2.26. The number of amides is 2. The molecule has 0 radical (unpaired) electrons. The summed E-state index contributed by atoms with van der Waals surface area (Å²) in [7, 11) is -4.72. The Bertz CT molecular complexity index is 739. The molecule has 1 saturated heterocycles. The third-order valence-electron chi connectivity index (χ3n) is 3.39. The Balaban J connectivity index is 2.02. The van der Waals surface area contributed by atoms with Gasteiger partial charge in [-0.3, -0.25) is 14.1 Å². The summed E-state index contributed by atoms with van der Waals surface area (Å²) in [4.78, 5) is 39.7. The fraction of sp³-hybridized carbons (Fsp3) is 0.357. The van der Waals surface area contributed by atoms with Crippen molar-refractivity contribution in [3.05, 3.63) is 35.4 Å². The van der Waals surface area contributed by atoms with Gasteiger partial charge in [0, 0.05) is 0 Å². The molecule has 1 heterocycles. The van der Waals surface area contributed by atoms with Gasteiger partial charge in [-0.25, -0.2) is 4.79 Å². The summed E-state index contributed by atoms with van der Waals surface area (Å²) in [5, 5.41) is -1.83. The number of rotatable bonds is 5. The number of hydrogen-bond acceptors (Lipinski definition) is 6. The topological polar surface area (TPSA) is 118 Å². The molecular weight excluding hydrogens is 326 g/mol. The fourth-order valence-corrected chi connectivity index (χ4v) is 2.81. The van der Waals surface area contributed by atoms with E-state index in [0.717, 1.165) is 12.0 Å². The van der Waals surface area contributed by atoms with E-state index < -0.39 is 39.6 Å². The van der Waals surface area contributed by atoms with E-state index in [9.17, 15) is 22.8 Å². The van der Waals surface area contributed by atoms with E-state index in [4.69, 9.17) is 4.55 Å². The molecule has 0 aromatic heterocycles. The lowest BCUT2D eigenvalue weighted by molar-refractivity contribution is -0.196. The zero-order chi connectivity index (χ0) is 17.2. The Morgan fingerprint density at radius 1 is 1.26 bits per heavy atom. The van der Waals surface area contributed by atoms with E-state index in [1.54, 1.807) is 12.1 Å². The van der Waals surface area contributed by atoms with Gasteiger partial charge in [-0.05, 0) is 17.5 Å². The lowest BCUT2D eigenvalue weighted by atomic mass is 10.1. The first-order valence-electron chi connectivity index (χ1n) is 6.84. The van der Waals surface area contributed by atoms with E-state index in [-0.39, 0.29) is 11.5 Å². The highest BCUT2D eigenvalue weighted by molar-refractivity contribution is 7.87. The number of carbonyl (C=O) groups excluding carboxylic acids is 3. The first-order valence-corrected chi connectivity index (χ1v) is 8.34. The molecule has 1 atom stereocenters. The molecule has 1 aliphatic heterocycles. The van der Waals surface area contributed by atoms with Gasteiger partial charge in [0.1, 0.15) is 0 Å². The molecule has 8 nitrogen and oxygen atoms in total. The molecule has 9 heteroatoms. The number of hydroxylamine groups is 2.